The highest BCUT2D eigenvalue weighted by atomic mass is 32.2. The highest BCUT2D eigenvalue weighted by molar-refractivity contribution is 7.89. The predicted molar refractivity (Wildman–Crippen MR) is 99.1 cm³/mol. The van der Waals surface area contributed by atoms with Gasteiger partial charge in [0.1, 0.15) is 0 Å². The maximum absolute atomic E-state index is 12.4. The Hall–Kier alpha value is -2.18. The molecule has 1 atom stereocenters. The molecule has 2 aromatic rings. The average Bonchev–Trinajstić information content (AvgIpc) is 2.57. The fourth-order valence-corrected chi connectivity index (χ4v) is 3.68. The van der Waals surface area contributed by atoms with Crippen molar-refractivity contribution in [1.29, 1.82) is 0 Å². The van der Waals surface area contributed by atoms with Gasteiger partial charge in [-0.1, -0.05) is 30.7 Å². The fraction of sp³-hybridized carbons (Fsp3) is 0.316. The van der Waals surface area contributed by atoms with Gasteiger partial charge >= 0.3 is 0 Å². The SMILES string of the molecule is CCNS(=O)(=O)c1ccc(C(=O)NC(C)c2cc(C)ccc2C)cc1. The quantitative estimate of drug-likeness (QED) is 0.831. The van der Waals surface area contributed by atoms with Crippen LogP contribution in [0.2, 0.25) is 0 Å². The van der Waals surface area contributed by atoms with Crippen molar-refractivity contribution in [3.8, 4) is 0 Å². The Morgan fingerprint density at radius 3 is 2.32 bits per heavy atom. The summed E-state index contributed by atoms with van der Waals surface area (Å²) in [6.45, 7) is 7.99. The second-order valence-corrected chi connectivity index (χ2v) is 7.85. The summed E-state index contributed by atoms with van der Waals surface area (Å²) in [5, 5.41) is 2.96. The number of sulfonamides is 1. The van der Waals surface area contributed by atoms with Crippen molar-refractivity contribution in [1.82, 2.24) is 10.0 Å². The van der Waals surface area contributed by atoms with Crippen LogP contribution < -0.4 is 10.0 Å². The molecule has 6 heteroatoms. The minimum absolute atomic E-state index is 0.141. The van der Waals surface area contributed by atoms with Gasteiger partial charge in [-0.05, 0) is 56.2 Å². The molecule has 0 aromatic heterocycles. The fourth-order valence-electron chi connectivity index (χ4n) is 2.64. The molecule has 0 bridgehead atoms. The normalized spacial score (nSPS) is 12.6. The van der Waals surface area contributed by atoms with E-state index in [9.17, 15) is 13.2 Å². The Balaban J connectivity index is 2.14. The van der Waals surface area contributed by atoms with Crippen LogP contribution in [0.15, 0.2) is 47.4 Å². The zero-order valence-electron chi connectivity index (χ0n) is 15.0. The van der Waals surface area contributed by atoms with E-state index in [4.69, 9.17) is 0 Å². The molecule has 2 N–H and O–H groups in total. The van der Waals surface area contributed by atoms with Crippen molar-refractivity contribution in [3.63, 3.8) is 0 Å². The van der Waals surface area contributed by atoms with Crippen molar-refractivity contribution < 1.29 is 13.2 Å². The van der Waals surface area contributed by atoms with Gasteiger partial charge < -0.3 is 5.32 Å². The number of carbonyl (C=O) groups excluding carboxylic acids is 1. The lowest BCUT2D eigenvalue weighted by molar-refractivity contribution is 0.0939. The molecule has 0 aliphatic rings. The minimum atomic E-state index is -3.51. The van der Waals surface area contributed by atoms with Gasteiger partial charge in [-0.3, -0.25) is 4.79 Å². The molecule has 1 amide bonds. The third kappa shape index (κ3) is 4.67. The van der Waals surface area contributed by atoms with E-state index < -0.39 is 10.0 Å². The maximum Gasteiger partial charge on any atom is 0.251 e. The molecule has 2 rings (SSSR count). The molecule has 1 unspecified atom stereocenters. The Bertz CT molecular complexity index is 859. The smallest absolute Gasteiger partial charge is 0.251 e. The topological polar surface area (TPSA) is 75.3 Å². The van der Waals surface area contributed by atoms with Crippen LogP contribution in [0, 0.1) is 13.8 Å². The molecule has 0 aliphatic heterocycles. The van der Waals surface area contributed by atoms with E-state index in [1.54, 1.807) is 6.92 Å². The van der Waals surface area contributed by atoms with Crippen LogP contribution in [0.5, 0.6) is 0 Å². The molecule has 5 nitrogen and oxygen atoms in total. The van der Waals surface area contributed by atoms with Crippen LogP contribution in [-0.4, -0.2) is 20.9 Å². The molecule has 25 heavy (non-hydrogen) atoms. The summed E-state index contributed by atoms with van der Waals surface area (Å²) in [6.07, 6.45) is 0. The van der Waals surface area contributed by atoms with E-state index in [0.717, 1.165) is 16.7 Å². The van der Waals surface area contributed by atoms with Crippen LogP contribution in [-0.2, 0) is 10.0 Å². The van der Waals surface area contributed by atoms with Gasteiger partial charge in [-0.15, -0.1) is 0 Å². The summed E-state index contributed by atoms with van der Waals surface area (Å²) in [5.41, 5.74) is 3.75. The first-order chi connectivity index (χ1) is 11.7. The van der Waals surface area contributed by atoms with Gasteiger partial charge in [0.15, 0.2) is 0 Å². The molecular weight excluding hydrogens is 336 g/mol. The number of hydrogen-bond acceptors (Lipinski definition) is 3. The van der Waals surface area contributed by atoms with Crippen molar-refractivity contribution in [2.75, 3.05) is 6.54 Å². The highest BCUT2D eigenvalue weighted by Crippen LogP contribution is 2.19. The number of benzene rings is 2. The zero-order chi connectivity index (χ0) is 18.6. The first-order valence-electron chi connectivity index (χ1n) is 8.22. The Labute approximate surface area is 149 Å². The summed E-state index contributed by atoms with van der Waals surface area (Å²) >= 11 is 0. The molecule has 2 aromatic carbocycles. The van der Waals surface area contributed by atoms with Crippen molar-refractivity contribution in [2.24, 2.45) is 0 Å². The van der Waals surface area contributed by atoms with Crippen LogP contribution in [0.4, 0.5) is 0 Å². The second kappa shape index (κ2) is 7.80. The highest BCUT2D eigenvalue weighted by Gasteiger charge is 2.16. The number of hydrogen-bond donors (Lipinski definition) is 2. The number of carbonyl (C=O) groups is 1. The molecule has 0 radical (unpaired) electrons. The molecule has 0 aliphatic carbocycles. The summed E-state index contributed by atoms with van der Waals surface area (Å²) in [5.74, 6) is -0.235. The number of rotatable bonds is 6. The lowest BCUT2D eigenvalue weighted by Gasteiger charge is -2.17. The zero-order valence-corrected chi connectivity index (χ0v) is 15.8. The first kappa shape index (κ1) is 19.1. The minimum Gasteiger partial charge on any atom is -0.346 e. The monoisotopic (exact) mass is 360 g/mol. The van der Waals surface area contributed by atoms with E-state index in [1.165, 1.54) is 24.3 Å². The van der Waals surface area contributed by atoms with E-state index in [-0.39, 0.29) is 16.8 Å². The van der Waals surface area contributed by atoms with E-state index in [1.807, 2.05) is 32.9 Å². The maximum atomic E-state index is 12.4. The summed E-state index contributed by atoms with van der Waals surface area (Å²) in [4.78, 5) is 12.6. The lowest BCUT2D eigenvalue weighted by atomic mass is 10.00. The van der Waals surface area contributed by atoms with Gasteiger partial charge in [0.25, 0.3) is 5.91 Å². The van der Waals surface area contributed by atoms with Crippen molar-refractivity contribution in [3.05, 3.63) is 64.7 Å². The lowest BCUT2D eigenvalue weighted by Crippen LogP contribution is -2.27. The Morgan fingerprint density at radius 2 is 1.72 bits per heavy atom. The largest absolute Gasteiger partial charge is 0.346 e. The standard InChI is InChI=1S/C19H24N2O3S/c1-5-20-25(23,24)17-10-8-16(9-11-17)19(22)21-15(4)18-12-13(2)6-7-14(18)3/h6-12,15,20H,5H2,1-4H3,(H,21,22). The van der Waals surface area contributed by atoms with Gasteiger partial charge in [-0.25, -0.2) is 13.1 Å². The van der Waals surface area contributed by atoms with Crippen molar-refractivity contribution >= 4 is 15.9 Å². The summed E-state index contributed by atoms with van der Waals surface area (Å²) < 4.78 is 26.3. The molecule has 0 saturated heterocycles. The van der Waals surface area contributed by atoms with Crippen LogP contribution in [0.3, 0.4) is 0 Å². The first-order valence-corrected chi connectivity index (χ1v) is 9.70. The van der Waals surface area contributed by atoms with Gasteiger partial charge in [0.2, 0.25) is 10.0 Å². The van der Waals surface area contributed by atoms with Gasteiger partial charge in [0.05, 0.1) is 10.9 Å². The second-order valence-electron chi connectivity index (χ2n) is 6.08. The van der Waals surface area contributed by atoms with Crippen LogP contribution >= 0.6 is 0 Å². The Kier molecular flexibility index (Phi) is 5.98. The average molecular weight is 360 g/mol. The predicted octanol–water partition coefficient (Wildman–Crippen LogP) is 3.09. The molecule has 0 heterocycles. The van der Waals surface area contributed by atoms with E-state index >= 15 is 0 Å². The molecule has 0 saturated carbocycles. The number of amides is 1. The van der Waals surface area contributed by atoms with Gasteiger partial charge in [0, 0.05) is 12.1 Å². The Morgan fingerprint density at radius 1 is 1.08 bits per heavy atom. The molecule has 0 fully saturated rings. The number of aryl methyl sites for hydroxylation is 2. The molecular formula is C19H24N2O3S. The van der Waals surface area contributed by atoms with E-state index in [2.05, 4.69) is 16.1 Å². The third-order valence-electron chi connectivity index (χ3n) is 4.01. The van der Waals surface area contributed by atoms with Crippen molar-refractivity contribution in [2.45, 2.75) is 38.6 Å². The summed E-state index contributed by atoms with van der Waals surface area (Å²) in [6, 6.07) is 11.9. The number of nitrogens with one attached hydrogen (secondary N) is 2. The van der Waals surface area contributed by atoms with Gasteiger partial charge in [-0.2, -0.15) is 0 Å². The molecule has 0 spiro atoms. The summed E-state index contributed by atoms with van der Waals surface area (Å²) in [7, 11) is -3.51. The van der Waals surface area contributed by atoms with Crippen LogP contribution in [0.25, 0.3) is 0 Å². The van der Waals surface area contributed by atoms with E-state index in [0.29, 0.717) is 12.1 Å². The molecule has 134 valence electrons. The van der Waals surface area contributed by atoms with Crippen LogP contribution in [0.1, 0.15) is 46.9 Å². The third-order valence-corrected chi connectivity index (χ3v) is 5.57.